The Morgan fingerprint density at radius 2 is 2.04 bits per heavy atom. The number of nitrogens with one attached hydrogen (secondary N) is 1. The number of carbonyl (C=O) groups excluding carboxylic acids is 3. The highest BCUT2D eigenvalue weighted by molar-refractivity contribution is 7.14. The number of esters is 1. The van der Waals surface area contributed by atoms with Crippen molar-refractivity contribution < 1.29 is 28.6 Å². The van der Waals surface area contributed by atoms with Crippen LogP contribution in [0.15, 0.2) is 35.7 Å². The maximum Gasteiger partial charge on any atom is 0.331 e. The van der Waals surface area contributed by atoms with E-state index in [1.807, 2.05) is 0 Å². The Hall–Kier alpha value is -3.33. The van der Waals surface area contributed by atoms with Crippen LogP contribution in [-0.4, -0.2) is 31.2 Å². The molecular formula is C17H14N2O6S. The van der Waals surface area contributed by atoms with Gasteiger partial charge in [-0.1, -0.05) is 6.07 Å². The van der Waals surface area contributed by atoms with Crippen LogP contribution < -0.4 is 20.5 Å². The predicted octanol–water partition coefficient (Wildman–Crippen LogP) is 1.77. The van der Waals surface area contributed by atoms with Crippen LogP contribution in [0.2, 0.25) is 0 Å². The van der Waals surface area contributed by atoms with Crippen molar-refractivity contribution in [3.8, 4) is 11.5 Å². The van der Waals surface area contributed by atoms with Crippen molar-refractivity contribution in [3.63, 3.8) is 0 Å². The highest BCUT2D eigenvalue weighted by Crippen LogP contribution is 2.32. The van der Waals surface area contributed by atoms with Gasteiger partial charge in [-0.25, -0.2) is 4.79 Å². The Bertz CT molecular complexity index is 889. The third kappa shape index (κ3) is 4.19. The molecule has 0 spiro atoms. The molecule has 134 valence electrons. The molecule has 3 N–H and O–H groups in total. The summed E-state index contributed by atoms with van der Waals surface area (Å²) in [5.74, 6) is -0.657. The Balaban J connectivity index is 1.50. The second kappa shape index (κ2) is 7.70. The Kier molecular flexibility index (Phi) is 5.18. The number of hydrogen-bond acceptors (Lipinski definition) is 7. The van der Waals surface area contributed by atoms with Crippen molar-refractivity contribution in [2.24, 2.45) is 5.73 Å². The minimum absolute atomic E-state index is 0.168. The van der Waals surface area contributed by atoms with Gasteiger partial charge in [-0.2, -0.15) is 0 Å². The molecule has 1 aromatic carbocycles. The van der Waals surface area contributed by atoms with Crippen LogP contribution in [0.5, 0.6) is 11.5 Å². The van der Waals surface area contributed by atoms with Crippen molar-refractivity contribution in [3.05, 3.63) is 46.8 Å². The smallest absolute Gasteiger partial charge is 0.331 e. The van der Waals surface area contributed by atoms with E-state index >= 15 is 0 Å². The van der Waals surface area contributed by atoms with Gasteiger partial charge in [0.2, 0.25) is 6.79 Å². The minimum atomic E-state index is -0.681. The molecule has 2 aromatic rings. The largest absolute Gasteiger partial charge is 0.454 e. The molecule has 0 unspecified atom stereocenters. The number of fused-ring (bicyclic) bond motifs is 1. The van der Waals surface area contributed by atoms with Crippen molar-refractivity contribution in [2.75, 3.05) is 18.7 Å². The average molecular weight is 374 g/mol. The predicted molar refractivity (Wildman–Crippen MR) is 94.0 cm³/mol. The first kappa shape index (κ1) is 17.5. The Labute approximate surface area is 152 Å². The number of nitrogens with two attached hydrogens (primary N) is 1. The molecule has 0 atom stereocenters. The van der Waals surface area contributed by atoms with Crippen LogP contribution in [0.25, 0.3) is 6.08 Å². The molecule has 1 aliphatic rings. The molecule has 0 bridgehead atoms. The topological polar surface area (TPSA) is 117 Å². The quantitative estimate of drug-likeness (QED) is 0.588. The van der Waals surface area contributed by atoms with E-state index in [1.54, 1.807) is 23.6 Å². The van der Waals surface area contributed by atoms with E-state index in [-0.39, 0.29) is 12.4 Å². The molecule has 3 rings (SSSR count). The zero-order valence-corrected chi connectivity index (χ0v) is 14.2. The molecule has 8 nitrogen and oxygen atoms in total. The summed E-state index contributed by atoms with van der Waals surface area (Å²) in [4.78, 5) is 34.7. The number of ether oxygens (including phenoxy) is 3. The Morgan fingerprint density at radius 1 is 1.23 bits per heavy atom. The number of benzene rings is 1. The van der Waals surface area contributed by atoms with E-state index in [0.717, 1.165) is 16.9 Å². The first-order chi connectivity index (χ1) is 12.5. The van der Waals surface area contributed by atoms with Gasteiger partial charge in [0.15, 0.2) is 18.1 Å². The normalized spacial score (nSPS) is 12.2. The first-order valence-electron chi connectivity index (χ1n) is 7.44. The molecule has 0 saturated carbocycles. The van der Waals surface area contributed by atoms with Gasteiger partial charge in [0.25, 0.3) is 11.8 Å². The molecule has 0 fully saturated rings. The van der Waals surface area contributed by atoms with Crippen LogP contribution in [-0.2, 0) is 14.3 Å². The van der Waals surface area contributed by atoms with E-state index in [1.165, 1.54) is 18.2 Å². The van der Waals surface area contributed by atoms with Crippen LogP contribution >= 0.6 is 11.3 Å². The molecule has 0 aliphatic carbocycles. The monoisotopic (exact) mass is 374 g/mol. The molecule has 2 amide bonds. The zero-order chi connectivity index (χ0) is 18.5. The molecule has 0 radical (unpaired) electrons. The van der Waals surface area contributed by atoms with E-state index in [9.17, 15) is 14.4 Å². The number of carbonyl (C=O) groups is 3. The van der Waals surface area contributed by atoms with Gasteiger partial charge in [-0.05, 0) is 35.2 Å². The standard InChI is InChI=1S/C17H14N2O6S/c18-16(22)11-5-6-26-17(11)19-14(20)8-23-15(21)4-2-10-1-3-12-13(7-10)25-9-24-12/h1-7H,8-9H2,(H2,18,22)(H,19,20)/b4-2+. The highest BCUT2D eigenvalue weighted by atomic mass is 32.1. The molecule has 26 heavy (non-hydrogen) atoms. The van der Waals surface area contributed by atoms with Crippen LogP contribution in [0.4, 0.5) is 5.00 Å². The van der Waals surface area contributed by atoms with E-state index < -0.39 is 24.4 Å². The maximum atomic E-state index is 11.8. The minimum Gasteiger partial charge on any atom is -0.454 e. The summed E-state index contributed by atoms with van der Waals surface area (Å²) in [5, 5.41) is 4.41. The van der Waals surface area contributed by atoms with Crippen molar-refractivity contribution in [1.82, 2.24) is 0 Å². The third-order valence-corrected chi connectivity index (χ3v) is 4.17. The average Bonchev–Trinajstić information content (AvgIpc) is 3.26. The highest BCUT2D eigenvalue weighted by Gasteiger charge is 2.14. The van der Waals surface area contributed by atoms with Crippen molar-refractivity contribution in [2.45, 2.75) is 0 Å². The summed E-state index contributed by atoms with van der Waals surface area (Å²) >= 11 is 1.15. The lowest BCUT2D eigenvalue weighted by Gasteiger charge is -2.04. The fourth-order valence-electron chi connectivity index (χ4n) is 2.13. The number of primary amides is 1. The fraction of sp³-hybridized carbons (Fsp3) is 0.118. The van der Waals surface area contributed by atoms with Crippen molar-refractivity contribution >= 4 is 40.2 Å². The zero-order valence-electron chi connectivity index (χ0n) is 13.4. The van der Waals surface area contributed by atoms with Gasteiger partial charge in [-0.15, -0.1) is 11.3 Å². The van der Waals surface area contributed by atoms with E-state index in [2.05, 4.69) is 5.32 Å². The summed E-state index contributed by atoms with van der Waals surface area (Å²) in [5.41, 5.74) is 6.12. The summed E-state index contributed by atoms with van der Waals surface area (Å²) in [6.45, 7) is -0.318. The molecule has 1 aliphatic heterocycles. The molecule has 0 saturated heterocycles. The van der Waals surface area contributed by atoms with Crippen molar-refractivity contribution in [1.29, 1.82) is 0 Å². The number of rotatable bonds is 6. The fourth-order valence-corrected chi connectivity index (χ4v) is 2.94. The van der Waals surface area contributed by atoms with Gasteiger partial charge in [0.1, 0.15) is 5.00 Å². The molecule has 2 heterocycles. The van der Waals surface area contributed by atoms with Gasteiger partial charge < -0.3 is 25.3 Å². The van der Waals surface area contributed by atoms with Crippen LogP contribution in [0.3, 0.4) is 0 Å². The van der Waals surface area contributed by atoms with Crippen LogP contribution in [0.1, 0.15) is 15.9 Å². The van der Waals surface area contributed by atoms with Gasteiger partial charge in [-0.3, -0.25) is 9.59 Å². The lowest BCUT2D eigenvalue weighted by atomic mass is 10.2. The first-order valence-corrected chi connectivity index (χ1v) is 8.32. The van der Waals surface area contributed by atoms with E-state index in [4.69, 9.17) is 19.9 Å². The maximum absolute atomic E-state index is 11.8. The number of hydrogen-bond donors (Lipinski definition) is 2. The summed E-state index contributed by atoms with van der Waals surface area (Å²) in [6, 6.07) is 6.72. The second-order valence-electron chi connectivity index (χ2n) is 5.13. The van der Waals surface area contributed by atoms with Gasteiger partial charge in [0, 0.05) is 6.08 Å². The van der Waals surface area contributed by atoms with Gasteiger partial charge in [0.05, 0.1) is 5.56 Å². The SMILES string of the molecule is NC(=O)c1ccsc1NC(=O)COC(=O)/C=C/c1ccc2c(c1)OCO2. The summed E-state index contributed by atoms with van der Waals surface area (Å²) < 4.78 is 15.3. The lowest BCUT2D eigenvalue weighted by Crippen LogP contribution is -2.21. The second-order valence-corrected chi connectivity index (χ2v) is 6.05. The molecular weight excluding hydrogens is 360 g/mol. The lowest BCUT2D eigenvalue weighted by molar-refractivity contribution is -0.142. The third-order valence-electron chi connectivity index (χ3n) is 3.34. The van der Waals surface area contributed by atoms with Gasteiger partial charge >= 0.3 is 5.97 Å². The number of amides is 2. The number of anilines is 1. The molecule has 1 aromatic heterocycles. The number of thiophene rings is 1. The van der Waals surface area contributed by atoms with Crippen LogP contribution in [0, 0.1) is 0 Å². The summed E-state index contributed by atoms with van der Waals surface area (Å²) in [6.07, 6.45) is 2.73. The summed E-state index contributed by atoms with van der Waals surface area (Å²) in [7, 11) is 0. The Morgan fingerprint density at radius 3 is 2.85 bits per heavy atom. The molecule has 9 heteroatoms. The van der Waals surface area contributed by atoms with E-state index in [0.29, 0.717) is 16.5 Å².